The van der Waals surface area contributed by atoms with Gasteiger partial charge in [-0.1, -0.05) is 24.3 Å². The zero-order valence-corrected chi connectivity index (χ0v) is 8.11. The molecule has 0 unspecified atom stereocenters. The Bertz CT molecular complexity index is 112. The number of rotatable bonds is 0. The van der Waals surface area contributed by atoms with Crippen molar-refractivity contribution in [1.29, 1.82) is 0 Å². The van der Waals surface area contributed by atoms with Gasteiger partial charge in [0.15, 0.2) is 0 Å². The molecule has 0 aromatic rings. The Labute approximate surface area is 72.4 Å². The third kappa shape index (κ3) is 1.75. The Morgan fingerprint density at radius 1 is 1.00 bits per heavy atom. The summed E-state index contributed by atoms with van der Waals surface area (Å²) in [7, 11) is 0. The van der Waals surface area contributed by atoms with Crippen molar-refractivity contribution in [3.63, 3.8) is 0 Å². The third-order valence-corrected chi connectivity index (χ3v) is 1.76. The van der Waals surface area contributed by atoms with E-state index in [1.54, 1.807) is 0 Å². The summed E-state index contributed by atoms with van der Waals surface area (Å²) >= 11 is 5.19. The average Bonchev–Trinajstić information content (AvgIpc) is 2.53. The van der Waals surface area contributed by atoms with Crippen molar-refractivity contribution in [2.75, 3.05) is 0 Å². The Morgan fingerprint density at radius 2 is 1.33 bits per heavy atom. The second-order valence-electron chi connectivity index (χ2n) is 2.33. The van der Waals surface area contributed by atoms with Gasteiger partial charge in [0.2, 0.25) is 0 Å². The van der Waals surface area contributed by atoms with Crippen molar-refractivity contribution in [1.82, 2.24) is 0 Å². The molecular formula is C7H8BrRh. The molecule has 2 aliphatic carbocycles. The maximum absolute atomic E-state index is 2.83. The zero-order chi connectivity index (χ0) is 6.69. The summed E-state index contributed by atoms with van der Waals surface area (Å²) in [5, 5.41) is 0. The van der Waals surface area contributed by atoms with E-state index in [1.165, 1.54) is 6.42 Å². The summed E-state index contributed by atoms with van der Waals surface area (Å²) in [4.78, 5) is 0. The molecule has 2 heteroatoms. The van der Waals surface area contributed by atoms with E-state index in [9.17, 15) is 0 Å². The standard InChI is InChI=1S/C7H8.BrH.Rh/c1-2-7-4-3-6(1)5-7;;/h1-4,6-7H,5H2;1H;/q;;+1/p-1. The Hall–Kier alpha value is 0.583. The monoisotopic (exact) mass is 274 g/mol. The number of fused-ring (bicyclic) bond motifs is 2. The zero-order valence-electron chi connectivity index (χ0n) is 4.88. The van der Waals surface area contributed by atoms with Crippen LogP contribution in [0.5, 0.6) is 0 Å². The molecule has 0 spiro atoms. The van der Waals surface area contributed by atoms with Gasteiger partial charge in [-0.3, -0.25) is 0 Å². The molecule has 9 heavy (non-hydrogen) atoms. The van der Waals surface area contributed by atoms with Gasteiger partial charge >= 0.3 is 30.0 Å². The summed E-state index contributed by atoms with van der Waals surface area (Å²) in [5.41, 5.74) is 0. The number of halogens is 1. The van der Waals surface area contributed by atoms with Gasteiger partial charge in [0.05, 0.1) is 0 Å². The van der Waals surface area contributed by atoms with Gasteiger partial charge < -0.3 is 0 Å². The molecule has 52 valence electrons. The van der Waals surface area contributed by atoms with Gasteiger partial charge in [0.25, 0.3) is 0 Å². The molecule has 0 aliphatic heterocycles. The predicted octanol–water partition coefficient (Wildman–Crippen LogP) is 2.59. The van der Waals surface area contributed by atoms with Gasteiger partial charge in [0, 0.05) is 0 Å². The van der Waals surface area contributed by atoms with E-state index in [1.807, 2.05) is 0 Å². The summed E-state index contributed by atoms with van der Waals surface area (Å²) in [6, 6.07) is 0. The first-order valence-electron chi connectivity index (χ1n) is 2.94. The Balaban J connectivity index is 0.000000186. The van der Waals surface area contributed by atoms with Crippen LogP contribution >= 0.6 is 13.6 Å². The topological polar surface area (TPSA) is 0 Å². The molecule has 0 atom stereocenters. The van der Waals surface area contributed by atoms with Gasteiger partial charge in [-0.05, 0) is 18.3 Å². The van der Waals surface area contributed by atoms with Crippen molar-refractivity contribution >= 4 is 13.6 Å². The molecule has 0 nitrogen and oxygen atoms in total. The van der Waals surface area contributed by atoms with E-state index in [2.05, 4.69) is 54.3 Å². The number of hydrogen-bond acceptors (Lipinski definition) is 0. The van der Waals surface area contributed by atoms with Crippen molar-refractivity contribution in [2.45, 2.75) is 6.42 Å². The van der Waals surface area contributed by atoms with E-state index in [4.69, 9.17) is 0 Å². The maximum atomic E-state index is 2.83. The molecule has 0 aromatic heterocycles. The quantitative estimate of drug-likeness (QED) is 0.471. The molecule has 0 fully saturated rings. The molecule has 2 aliphatic rings. The summed E-state index contributed by atoms with van der Waals surface area (Å²) < 4.78 is 0. The van der Waals surface area contributed by atoms with Crippen LogP contribution in [0, 0.1) is 11.8 Å². The van der Waals surface area contributed by atoms with Crippen LogP contribution < -0.4 is 0 Å². The van der Waals surface area contributed by atoms with Crippen molar-refractivity contribution < 1.29 is 16.3 Å². The van der Waals surface area contributed by atoms with E-state index in [-0.39, 0.29) is 0 Å². The van der Waals surface area contributed by atoms with Crippen LogP contribution in [0.4, 0.5) is 0 Å². The summed E-state index contributed by atoms with van der Waals surface area (Å²) in [6.45, 7) is 0. The van der Waals surface area contributed by atoms with Crippen LogP contribution in [0.2, 0.25) is 0 Å². The molecule has 0 N–H and O–H groups in total. The molecule has 0 heterocycles. The molecule has 0 aromatic carbocycles. The molecule has 0 saturated carbocycles. The van der Waals surface area contributed by atoms with Crippen molar-refractivity contribution in [3.05, 3.63) is 24.3 Å². The second-order valence-corrected chi connectivity index (χ2v) is 2.33. The summed E-state index contributed by atoms with van der Waals surface area (Å²) in [6.07, 6.45) is 10.5. The summed E-state index contributed by atoms with van der Waals surface area (Å²) in [5.74, 6) is 1.62. The van der Waals surface area contributed by atoms with Crippen LogP contribution in [0.25, 0.3) is 0 Å². The van der Waals surface area contributed by atoms with Crippen LogP contribution in [-0.4, -0.2) is 0 Å². The third-order valence-electron chi connectivity index (χ3n) is 1.76. The fourth-order valence-electron chi connectivity index (χ4n) is 1.33. The SMILES string of the molecule is C1=CC2C=CC1C2.[Br][Rh]. The van der Waals surface area contributed by atoms with Crippen LogP contribution in [0.3, 0.4) is 0 Å². The fourth-order valence-corrected chi connectivity index (χ4v) is 1.33. The normalized spacial score (nSPS) is 34.6. The molecule has 2 bridgehead atoms. The Kier molecular flexibility index (Phi) is 3.14. The first kappa shape index (κ1) is 7.69. The molecule has 2 rings (SSSR count). The van der Waals surface area contributed by atoms with Crippen LogP contribution in [-0.2, 0) is 16.3 Å². The van der Waals surface area contributed by atoms with Crippen LogP contribution in [0.15, 0.2) is 24.3 Å². The molecule has 0 amide bonds. The van der Waals surface area contributed by atoms with E-state index < -0.39 is 0 Å². The fraction of sp³-hybridized carbons (Fsp3) is 0.429. The second kappa shape index (κ2) is 3.68. The van der Waals surface area contributed by atoms with Gasteiger partial charge in [-0.15, -0.1) is 0 Å². The molecule has 0 radical (unpaired) electrons. The van der Waals surface area contributed by atoms with Gasteiger partial charge in [-0.25, -0.2) is 0 Å². The number of allylic oxidation sites excluding steroid dienone is 4. The van der Waals surface area contributed by atoms with Crippen molar-refractivity contribution in [2.24, 2.45) is 11.8 Å². The van der Waals surface area contributed by atoms with Crippen molar-refractivity contribution in [3.8, 4) is 0 Å². The number of hydrogen-bond donors (Lipinski definition) is 0. The minimum absolute atomic E-state index is 0.810. The first-order chi connectivity index (χ1) is 4.45. The first-order valence-corrected chi connectivity index (χ1v) is 6.69. The van der Waals surface area contributed by atoms with E-state index >= 15 is 0 Å². The minimum atomic E-state index is 0.810. The molecule has 0 saturated heterocycles. The predicted molar refractivity (Wildman–Crippen MR) is 38.8 cm³/mol. The molecular weight excluding hydrogens is 267 g/mol. The van der Waals surface area contributed by atoms with Gasteiger partial charge in [0.1, 0.15) is 0 Å². The van der Waals surface area contributed by atoms with Gasteiger partial charge in [-0.2, -0.15) is 0 Å². The average molecular weight is 275 g/mol. The van der Waals surface area contributed by atoms with Crippen LogP contribution in [0.1, 0.15) is 6.42 Å². The Morgan fingerprint density at radius 3 is 1.44 bits per heavy atom. The van der Waals surface area contributed by atoms with E-state index in [0.717, 1.165) is 11.8 Å². The van der Waals surface area contributed by atoms with E-state index in [0.29, 0.717) is 0 Å².